The highest BCUT2D eigenvalue weighted by Crippen LogP contribution is 2.48. The Labute approximate surface area is 360 Å². The van der Waals surface area contributed by atoms with E-state index in [1.165, 1.54) is 131 Å². The predicted octanol–water partition coefficient (Wildman–Crippen LogP) is 17.5. The quantitative estimate of drug-likeness (QED) is 0.147. The molecule has 0 bridgehead atoms. The van der Waals surface area contributed by atoms with Gasteiger partial charge in [0.25, 0.3) is 0 Å². The van der Waals surface area contributed by atoms with E-state index in [2.05, 4.69) is 231 Å². The van der Waals surface area contributed by atoms with Gasteiger partial charge in [-0.2, -0.15) is 0 Å². The molecule has 0 aliphatic heterocycles. The van der Waals surface area contributed by atoms with E-state index < -0.39 is 0 Å². The second-order valence-electron chi connectivity index (χ2n) is 16.7. The molecular formula is C62H38. The Kier molecular flexibility index (Phi) is 7.71. The van der Waals surface area contributed by atoms with E-state index in [1.54, 1.807) is 0 Å². The van der Waals surface area contributed by atoms with Gasteiger partial charge in [-0.05, 0) is 131 Å². The molecule has 13 aromatic rings. The molecule has 0 aliphatic rings. The first-order valence-electron chi connectivity index (χ1n) is 21.6. The first kappa shape index (κ1) is 34.8. The van der Waals surface area contributed by atoms with Crippen molar-refractivity contribution in [2.75, 3.05) is 0 Å². The van der Waals surface area contributed by atoms with Crippen LogP contribution in [0.1, 0.15) is 0 Å². The molecule has 0 saturated heterocycles. The molecule has 0 unspecified atom stereocenters. The van der Waals surface area contributed by atoms with Crippen molar-refractivity contribution in [1.29, 1.82) is 0 Å². The van der Waals surface area contributed by atoms with Crippen LogP contribution in [0.2, 0.25) is 0 Å². The molecule has 0 aliphatic carbocycles. The third-order valence-electron chi connectivity index (χ3n) is 13.4. The highest BCUT2D eigenvalue weighted by Gasteiger charge is 2.21. The molecule has 0 N–H and O–H groups in total. The Morgan fingerprint density at radius 3 is 0.613 bits per heavy atom. The van der Waals surface area contributed by atoms with Gasteiger partial charge in [0.05, 0.1) is 0 Å². The predicted molar refractivity (Wildman–Crippen MR) is 266 cm³/mol. The molecule has 13 aromatic carbocycles. The van der Waals surface area contributed by atoms with Crippen molar-refractivity contribution >= 4 is 64.6 Å². The number of rotatable bonds is 6. The summed E-state index contributed by atoms with van der Waals surface area (Å²) in [4.78, 5) is 0. The van der Waals surface area contributed by atoms with E-state index in [0.29, 0.717) is 0 Å². The summed E-state index contributed by atoms with van der Waals surface area (Å²) in [5, 5.41) is 15.6. The largest absolute Gasteiger partial charge is 0.0616 e. The van der Waals surface area contributed by atoms with Gasteiger partial charge in [0.15, 0.2) is 0 Å². The molecule has 0 amide bonds. The number of hydrogen-bond donors (Lipinski definition) is 0. The standard InChI is InChI=1S/C62H38/c1-2-18-46(48-20-4-6-22-50(48)52-24-8-10-26-54(52)56-36-32-44-30-28-40-14-12-16-42-34-38-58(56)62(44)60(40)42)45(17-1)47-19-3-5-21-49(47)51-23-7-9-25-53(51)55-35-31-43-29-27-39-13-11-15-41-33-37-57(55)61(43)59(39)41/h1-38H. The van der Waals surface area contributed by atoms with Crippen molar-refractivity contribution in [2.24, 2.45) is 0 Å². The molecule has 286 valence electrons. The summed E-state index contributed by atoms with van der Waals surface area (Å²) in [5.74, 6) is 0. The Morgan fingerprint density at radius 2 is 0.339 bits per heavy atom. The highest BCUT2D eigenvalue weighted by molar-refractivity contribution is 6.27. The van der Waals surface area contributed by atoms with Crippen LogP contribution in [0.3, 0.4) is 0 Å². The molecule has 0 fully saturated rings. The maximum Gasteiger partial charge on any atom is -0.00206 e. The van der Waals surface area contributed by atoms with Gasteiger partial charge in [-0.1, -0.05) is 231 Å². The summed E-state index contributed by atoms with van der Waals surface area (Å²) in [6, 6.07) is 85.7. The highest BCUT2D eigenvalue weighted by atomic mass is 14.2. The van der Waals surface area contributed by atoms with E-state index >= 15 is 0 Å². The van der Waals surface area contributed by atoms with Gasteiger partial charge in [0, 0.05) is 0 Å². The molecule has 0 atom stereocenters. The topological polar surface area (TPSA) is 0 Å². The van der Waals surface area contributed by atoms with Crippen LogP contribution in [-0.4, -0.2) is 0 Å². The minimum atomic E-state index is 1.21. The summed E-state index contributed by atoms with van der Waals surface area (Å²) < 4.78 is 0. The lowest BCUT2D eigenvalue weighted by molar-refractivity contribution is 1.55. The van der Waals surface area contributed by atoms with Crippen LogP contribution in [0.15, 0.2) is 231 Å². The lowest BCUT2D eigenvalue weighted by Gasteiger charge is -2.21. The SMILES string of the molecule is c1ccc(-c2ccccc2-c2ccccc2-c2ccc3ccc4cccc5ccc2c3c45)c(-c2ccccc2-c2ccccc2-c2ccc3ccc4cccc5ccc2c3c45)c1. The molecule has 0 spiro atoms. The molecule has 62 heavy (non-hydrogen) atoms. The third kappa shape index (κ3) is 5.20. The molecular weight excluding hydrogens is 745 g/mol. The number of benzene rings is 13. The smallest absolute Gasteiger partial charge is 0.00206 e. The summed E-state index contributed by atoms with van der Waals surface area (Å²) in [6.45, 7) is 0. The molecule has 13 rings (SSSR count). The van der Waals surface area contributed by atoms with Gasteiger partial charge in [-0.25, -0.2) is 0 Å². The first-order valence-corrected chi connectivity index (χ1v) is 21.6. The van der Waals surface area contributed by atoms with Crippen molar-refractivity contribution in [3.63, 3.8) is 0 Å². The second-order valence-corrected chi connectivity index (χ2v) is 16.7. The second kappa shape index (κ2) is 13.7. The lowest BCUT2D eigenvalue weighted by Crippen LogP contribution is -1.94. The van der Waals surface area contributed by atoms with Crippen molar-refractivity contribution in [1.82, 2.24) is 0 Å². The maximum absolute atomic E-state index is 2.33. The zero-order chi connectivity index (χ0) is 40.7. The van der Waals surface area contributed by atoms with Gasteiger partial charge in [0.2, 0.25) is 0 Å². The van der Waals surface area contributed by atoms with Crippen molar-refractivity contribution < 1.29 is 0 Å². The Hall–Kier alpha value is -8.06. The Bertz CT molecular complexity index is 3580. The van der Waals surface area contributed by atoms with E-state index in [-0.39, 0.29) is 0 Å². The van der Waals surface area contributed by atoms with Gasteiger partial charge in [-0.3, -0.25) is 0 Å². The Morgan fingerprint density at radius 1 is 0.129 bits per heavy atom. The third-order valence-corrected chi connectivity index (χ3v) is 13.4. The molecule has 0 heterocycles. The van der Waals surface area contributed by atoms with Crippen molar-refractivity contribution in [2.45, 2.75) is 0 Å². The van der Waals surface area contributed by atoms with Crippen LogP contribution >= 0.6 is 0 Å². The van der Waals surface area contributed by atoms with Gasteiger partial charge < -0.3 is 0 Å². The Balaban J connectivity index is 0.983. The minimum absolute atomic E-state index is 1.21. The molecule has 0 saturated carbocycles. The van der Waals surface area contributed by atoms with Crippen LogP contribution in [-0.2, 0) is 0 Å². The van der Waals surface area contributed by atoms with Gasteiger partial charge in [0.1, 0.15) is 0 Å². The normalized spacial score (nSPS) is 11.9. The maximum atomic E-state index is 2.33. The fourth-order valence-electron chi connectivity index (χ4n) is 10.7. The van der Waals surface area contributed by atoms with E-state index in [1.807, 2.05) is 0 Å². The van der Waals surface area contributed by atoms with Gasteiger partial charge >= 0.3 is 0 Å². The average molecular weight is 783 g/mol. The van der Waals surface area contributed by atoms with Crippen molar-refractivity contribution in [3.8, 4) is 66.8 Å². The molecule has 0 nitrogen and oxygen atoms in total. The number of hydrogen-bond acceptors (Lipinski definition) is 0. The molecule has 0 radical (unpaired) electrons. The van der Waals surface area contributed by atoms with E-state index in [4.69, 9.17) is 0 Å². The van der Waals surface area contributed by atoms with Crippen LogP contribution in [0.25, 0.3) is 131 Å². The zero-order valence-corrected chi connectivity index (χ0v) is 33.9. The average Bonchev–Trinajstić information content (AvgIpc) is 3.35. The fraction of sp³-hybridized carbons (Fsp3) is 0. The van der Waals surface area contributed by atoms with E-state index in [9.17, 15) is 0 Å². The van der Waals surface area contributed by atoms with Crippen molar-refractivity contribution in [3.05, 3.63) is 231 Å². The minimum Gasteiger partial charge on any atom is -0.0616 e. The summed E-state index contributed by atoms with van der Waals surface area (Å²) in [5.41, 5.74) is 14.7. The van der Waals surface area contributed by atoms with Crippen LogP contribution in [0, 0.1) is 0 Å². The van der Waals surface area contributed by atoms with E-state index in [0.717, 1.165) is 0 Å². The van der Waals surface area contributed by atoms with Gasteiger partial charge in [-0.15, -0.1) is 0 Å². The monoisotopic (exact) mass is 782 g/mol. The molecule has 0 heteroatoms. The van der Waals surface area contributed by atoms with Crippen LogP contribution < -0.4 is 0 Å². The fourth-order valence-corrected chi connectivity index (χ4v) is 10.7. The van der Waals surface area contributed by atoms with Crippen LogP contribution in [0.4, 0.5) is 0 Å². The van der Waals surface area contributed by atoms with Crippen LogP contribution in [0.5, 0.6) is 0 Å². The lowest BCUT2D eigenvalue weighted by atomic mass is 9.83. The summed E-state index contributed by atoms with van der Waals surface area (Å²) >= 11 is 0. The summed E-state index contributed by atoms with van der Waals surface area (Å²) in [6.07, 6.45) is 0. The zero-order valence-electron chi connectivity index (χ0n) is 33.9. The molecule has 0 aromatic heterocycles. The first-order chi connectivity index (χ1) is 30.8. The summed E-state index contributed by atoms with van der Waals surface area (Å²) in [7, 11) is 0.